The lowest BCUT2D eigenvalue weighted by atomic mass is 9.84. The molecule has 0 aromatic heterocycles. The Bertz CT molecular complexity index is 178. The lowest BCUT2D eigenvalue weighted by Crippen LogP contribution is -2.19. The van der Waals surface area contributed by atoms with Gasteiger partial charge in [0.05, 0.1) is 0 Å². The molecule has 2 aliphatic rings. The van der Waals surface area contributed by atoms with Crippen molar-refractivity contribution >= 4 is 5.78 Å². The predicted octanol–water partition coefficient (Wildman–Crippen LogP) is 1.09. The standard InChI is InChI=1S/C9H15NO/c10-6-7-5-9(7)3-1-8(11)2-4-9/h7H,1-6,10H2. The molecule has 1 atom stereocenters. The van der Waals surface area contributed by atoms with E-state index in [1.807, 2.05) is 0 Å². The first-order chi connectivity index (χ1) is 5.27. The first kappa shape index (κ1) is 7.29. The summed E-state index contributed by atoms with van der Waals surface area (Å²) >= 11 is 0. The van der Waals surface area contributed by atoms with Crippen LogP contribution in [0, 0.1) is 11.3 Å². The molecule has 0 amide bonds. The van der Waals surface area contributed by atoms with Gasteiger partial charge in [-0.25, -0.2) is 0 Å². The third-order valence-corrected chi connectivity index (χ3v) is 3.45. The maximum absolute atomic E-state index is 10.9. The molecule has 0 saturated heterocycles. The molecule has 2 aliphatic carbocycles. The molecule has 0 heterocycles. The van der Waals surface area contributed by atoms with Gasteiger partial charge in [-0.05, 0) is 37.1 Å². The first-order valence-corrected chi connectivity index (χ1v) is 4.49. The van der Waals surface area contributed by atoms with Crippen LogP contribution in [0.4, 0.5) is 0 Å². The van der Waals surface area contributed by atoms with Gasteiger partial charge in [-0.15, -0.1) is 0 Å². The van der Waals surface area contributed by atoms with E-state index in [0.29, 0.717) is 11.2 Å². The van der Waals surface area contributed by atoms with Crippen molar-refractivity contribution in [3.05, 3.63) is 0 Å². The Balaban J connectivity index is 1.94. The third-order valence-electron chi connectivity index (χ3n) is 3.45. The minimum absolute atomic E-state index is 0.457. The number of hydrogen-bond donors (Lipinski definition) is 1. The molecular formula is C9H15NO. The van der Waals surface area contributed by atoms with Crippen LogP contribution < -0.4 is 5.73 Å². The van der Waals surface area contributed by atoms with Gasteiger partial charge in [-0.3, -0.25) is 4.79 Å². The van der Waals surface area contributed by atoms with Crippen LogP contribution >= 0.6 is 0 Å². The average molecular weight is 153 g/mol. The molecule has 62 valence electrons. The zero-order valence-corrected chi connectivity index (χ0v) is 6.81. The maximum atomic E-state index is 10.9. The van der Waals surface area contributed by atoms with Crippen molar-refractivity contribution in [3.8, 4) is 0 Å². The Morgan fingerprint density at radius 3 is 2.55 bits per heavy atom. The number of ketones is 1. The molecule has 0 aliphatic heterocycles. The second-order valence-electron chi connectivity index (χ2n) is 4.04. The van der Waals surface area contributed by atoms with Crippen molar-refractivity contribution < 1.29 is 4.79 Å². The maximum Gasteiger partial charge on any atom is 0.132 e. The highest BCUT2D eigenvalue weighted by atomic mass is 16.1. The van der Waals surface area contributed by atoms with E-state index in [9.17, 15) is 4.79 Å². The van der Waals surface area contributed by atoms with Crippen LogP contribution in [0.1, 0.15) is 32.1 Å². The number of Topliss-reactive ketones (excluding diaryl/α,β-unsaturated/α-hetero) is 1. The number of nitrogens with two attached hydrogens (primary N) is 1. The average Bonchev–Trinajstić information content (AvgIpc) is 2.71. The molecule has 2 rings (SSSR count). The molecule has 2 nitrogen and oxygen atoms in total. The van der Waals surface area contributed by atoms with E-state index in [2.05, 4.69) is 0 Å². The summed E-state index contributed by atoms with van der Waals surface area (Å²) in [6.45, 7) is 0.828. The Labute approximate surface area is 67.1 Å². The van der Waals surface area contributed by atoms with Crippen molar-refractivity contribution in [1.29, 1.82) is 0 Å². The van der Waals surface area contributed by atoms with Crippen LogP contribution in [0.3, 0.4) is 0 Å². The van der Waals surface area contributed by atoms with Gasteiger partial charge < -0.3 is 5.73 Å². The molecule has 0 aromatic carbocycles. The minimum Gasteiger partial charge on any atom is -0.330 e. The SMILES string of the molecule is NCC1CC12CCC(=O)CC2. The van der Waals surface area contributed by atoms with Gasteiger partial charge in [0.1, 0.15) is 5.78 Å². The van der Waals surface area contributed by atoms with Gasteiger partial charge in [-0.2, -0.15) is 0 Å². The summed E-state index contributed by atoms with van der Waals surface area (Å²) in [5.41, 5.74) is 6.12. The molecule has 1 spiro atoms. The highest BCUT2D eigenvalue weighted by molar-refractivity contribution is 5.79. The van der Waals surface area contributed by atoms with Gasteiger partial charge in [-0.1, -0.05) is 0 Å². The van der Waals surface area contributed by atoms with E-state index in [1.165, 1.54) is 6.42 Å². The normalized spacial score (nSPS) is 34.3. The fraction of sp³-hybridized carbons (Fsp3) is 0.889. The van der Waals surface area contributed by atoms with E-state index < -0.39 is 0 Å². The summed E-state index contributed by atoms with van der Waals surface area (Å²) in [4.78, 5) is 10.9. The molecule has 2 N–H and O–H groups in total. The second-order valence-corrected chi connectivity index (χ2v) is 4.04. The quantitative estimate of drug-likeness (QED) is 0.613. The first-order valence-electron chi connectivity index (χ1n) is 4.49. The van der Waals surface area contributed by atoms with Crippen LogP contribution in [0.15, 0.2) is 0 Å². The van der Waals surface area contributed by atoms with Crippen molar-refractivity contribution in [2.75, 3.05) is 6.54 Å². The highest BCUT2D eigenvalue weighted by Crippen LogP contribution is 2.60. The molecule has 11 heavy (non-hydrogen) atoms. The zero-order valence-electron chi connectivity index (χ0n) is 6.81. The summed E-state index contributed by atoms with van der Waals surface area (Å²) in [6.07, 6.45) is 5.16. The fourth-order valence-corrected chi connectivity index (χ4v) is 2.40. The summed E-state index contributed by atoms with van der Waals surface area (Å²) in [7, 11) is 0. The molecule has 2 saturated carbocycles. The molecule has 0 radical (unpaired) electrons. The molecule has 2 heteroatoms. The van der Waals surface area contributed by atoms with Gasteiger partial charge in [0.25, 0.3) is 0 Å². The van der Waals surface area contributed by atoms with E-state index >= 15 is 0 Å². The Morgan fingerprint density at radius 2 is 2.09 bits per heavy atom. The summed E-state index contributed by atoms with van der Waals surface area (Å²) < 4.78 is 0. The second kappa shape index (κ2) is 2.31. The van der Waals surface area contributed by atoms with E-state index in [-0.39, 0.29) is 0 Å². The molecule has 0 aromatic rings. The lowest BCUT2D eigenvalue weighted by molar-refractivity contribution is -0.121. The third kappa shape index (κ3) is 1.09. The molecule has 0 bridgehead atoms. The minimum atomic E-state index is 0.457. The van der Waals surface area contributed by atoms with Crippen molar-refractivity contribution in [1.82, 2.24) is 0 Å². The largest absolute Gasteiger partial charge is 0.330 e. The number of hydrogen-bond acceptors (Lipinski definition) is 2. The van der Waals surface area contributed by atoms with Crippen molar-refractivity contribution in [2.45, 2.75) is 32.1 Å². The van der Waals surface area contributed by atoms with Crippen LogP contribution in [-0.2, 0) is 4.79 Å². The van der Waals surface area contributed by atoms with Gasteiger partial charge in [0, 0.05) is 12.8 Å². The Kier molecular flexibility index (Phi) is 1.53. The van der Waals surface area contributed by atoms with Gasteiger partial charge >= 0.3 is 0 Å². The number of carbonyl (C=O) groups is 1. The van der Waals surface area contributed by atoms with Crippen molar-refractivity contribution in [3.63, 3.8) is 0 Å². The lowest BCUT2D eigenvalue weighted by Gasteiger charge is -2.21. The van der Waals surface area contributed by atoms with Gasteiger partial charge in [0.2, 0.25) is 0 Å². The number of carbonyl (C=O) groups excluding carboxylic acids is 1. The van der Waals surface area contributed by atoms with Crippen LogP contribution in [-0.4, -0.2) is 12.3 Å². The molecular weight excluding hydrogens is 138 g/mol. The zero-order chi connectivity index (χ0) is 7.90. The Morgan fingerprint density at radius 1 is 1.45 bits per heavy atom. The van der Waals surface area contributed by atoms with E-state index in [4.69, 9.17) is 5.73 Å². The highest BCUT2D eigenvalue weighted by Gasteiger charge is 2.53. The van der Waals surface area contributed by atoms with E-state index in [1.54, 1.807) is 0 Å². The fourth-order valence-electron chi connectivity index (χ4n) is 2.40. The number of rotatable bonds is 1. The summed E-state index contributed by atoms with van der Waals surface area (Å²) in [6, 6.07) is 0. The van der Waals surface area contributed by atoms with Crippen LogP contribution in [0.2, 0.25) is 0 Å². The smallest absolute Gasteiger partial charge is 0.132 e. The summed E-state index contributed by atoms with van der Waals surface area (Å²) in [5.74, 6) is 1.20. The predicted molar refractivity (Wildman–Crippen MR) is 43.1 cm³/mol. The monoisotopic (exact) mass is 153 g/mol. The molecule has 1 unspecified atom stereocenters. The van der Waals surface area contributed by atoms with Crippen LogP contribution in [0.25, 0.3) is 0 Å². The van der Waals surface area contributed by atoms with Gasteiger partial charge in [0.15, 0.2) is 0 Å². The van der Waals surface area contributed by atoms with Crippen molar-refractivity contribution in [2.24, 2.45) is 17.1 Å². The van der Waals surface area contributed by atoms with E-state index in [0.717, 1.165) is 38.1 Å². The summed E-state index contributed by atoms with van der Waals surface area (Å²) in [5, 5.41) is 0. The van der Waals surface area contributed by atoms with Crippen LogP contribution in [0.5, 0.6) is 0 Å². The Hall–Kier alpha value is -0.370. The topological polar surface area (TPSA) is 43.1 Å². The molecule has 2 fully saturated rings.